The van der Waals surface area contributed by atoms with Crippen molar-refractivity contribution in [3.8, 4) is 5.75 Å². The van der Waals surface area contributed by atoms with Crippen LogP contribution in [0.15, 0.2) is 18.2 Å². The largest absolute Gasteiger partial charge is 0.507 e. The molecular weight excluding hydrogens is 262 g/mol. The third kappa shape index (κ3) is 4.13. The van der Waals surface area contributed by atoms with Gasteiger partial charge in [0.2, 0.25) is 0 Å². The van der Waals surface area contributed by atoms with E-state index < -0.39 is 0 Å². The zero-order chi connectivity index (χ0) is 13.7. The molecule has 4 heteroatoms. The predicted molar refractivity (Wildman–Crippen MR) is 76.6 cm³/mol. The Balaban J connectivity index is 1.74. The minimum atomic E-state index is -0.236. The standard InChI is InChI=1S/C15H20ClNO2/c16-12-7-8-13(14(18)10-12)15(19)17-9-3-6-11-4-1-2-5-11/h7-8,10-11,18H,1-6,9H2,(H,17,19). The monoisotopic (exact) mass is 281 g/mol. The first-order chi connectivity index (χ1) is 9.16. The Kier molecular flexibility index (Phi) is 5.08. The van der Waals surface area contributed by atoms with Crippen molar-refractivity contribution in [2.24, 2.45) is 5.92 Å². The quantitative estimate of drug-likeness (QED) is 0.808. The molecule has 1 aliphatic rings. The summed E-state index contributed by atoms with van der Waals surface area (Å²) >= 11 is 5.73. The van der Waals surface area contributed by atoms with Crippen LogP contribution < -0.4 is 5.32 Å². The number of hydrogen-bond acceptors (Lipinski definition) is 2. The lowest BCUT2D eigenvalue weighted by Gasteiger charge is -2.10. The van der Waals surface area contributed by atoms with Crippen LogP contribution in [0.2, 0.25) is 5.02 Å². The molecule has 0 radical (unpaired) electrons. The maximum absolute atomic E-state index is 11.9. The number of nitrogens with one attached hydrogen (secondary N) is 1. The Morgan fingerprint density at radius 3 is 2.79 bits per heavy atom. The molecule has 1 aromatic carbocycles. The van der Waals surface area contributed by atoms with Gasteiger partial charge in [-0.15, -0.1) is 0 Å². The second kappa shape index (κ2) is 6.80. The fourth-order valence-corrected chi connectivity index (χ4v) is 2.85. The van der Waals surface area contributed by atoms with Gasteiger partial charge in [0.05, 0.1) is 5.56 Å². The number of carbonyl (C=O) groups is 1. The fraction of sp³-hybridized carbons (Fsp3) is 0.533. The Labute approximate surface area is 119 Å². The number of hydrogen-bond donors (Lipinski definition) is 2. The highest BCUT2D eigenvalue weighted by atomic mass is 35.5. The van der Waals surface area contributed by atoms with E-state index in [1.54, 1.807) is 12.1 Å². The van der Waals surface area contributed by atoms with Gasteiger partial charge in [0.1, 0.15) is 5.75 Å². The smallest absolute Gasteiger partial charge is 0.255 e. The summed E-state index contributed by atoms with van der Waals surface area (Å²) in [5.74, 6) is 0.544. The molecule has 1 amide bonds. The van der Waals surface area contributed by atoms with Crippen molar-refractivity contribution >= 4 is 17.5 Å². The molecule has 0 saturated heterocycles. The molecule has 1 saturated carbocycles. The van der Waals surface area contributed by atoms with E-state index in [0.717, 1.165) is 12.3 Å². The maximum atomic E-state index is 11.9. The number of carbonyl (C=O) groups excluding carboxylic acids is 1. The Morgan fingerprint density at radius 2 is 2.11 bits per heavy atom. The maximum Gasteiger partial charge on any atom is 0.255 e. The molecule has 0 aromatic heterocycles. The van der Waals surface area contributed by atoms with Gasteiger partial charge < -0.3 is 10.4 Å². The normalized spacial score (nSPS) is 15.6. The lowest BCUT2D eigenvalue weighted by Crippen LogP contribution is -2.24. The van der Waals surface area contributed by atoms with E-state index in [1.165, 1.54) is 38.2 Å². The van der Waals surface area contributed by atoms with Crippen molar-refractivity contribution in [1.29, 1.82) is 0 Å². The molecule has 3 nitrogen and oxygen atoms in total. The highest BCUT2D eigenvalue weighted by molar-refractivity contribution is 6.30. The van der Waals surface area contributed by atoms with Gasteiger partial charge in [-0.05, 0) is 37.0 Å². The molecule has 104 valence electrons. The summed E-state index contributed by atoms with van der Waals surface area (Å²) in [4.78, 5) is 11.9. The third-order valence-corrected chi connectivity index (χ3v) is 3.99. The number of aromatic hydroxyl groups is 1. The van der Waals surface area contributed by atoms with Gasteiger partial charge in [-0.3, -0.25) is 4.79 Å². The van der Waals surface area contributed by atoms with Crippen molar-refractivity contribution in [2.45, 2.75) is 38.5 Å². The molecule has 2 rings (SSSR count). The Hall–Kier alpha value is -1.22. The predicted octanol–water partition coefficient (Wildman–Crippen LogP) is 3.75. The second-order valence-corrected chi connectivity index (χ2v) is 5.65. The average Bonchev–Trinajstić information content (AvgIpc) is 2.87. The number of rotatable bonds is 5. The van der Waals surface area contributed by atoms with Crippen molar-refractivity contribution in [3.05, 3.63) is 28.8 Å². The first kappa shape index (κ1) is 14.2. The van der Waals surface area contributed by atoms with Crippen LogP contribution in [-0.2, 0) is 0 Å². The van der Waals surface area contributed by atoms with Crippen LogP contribution >= 0.6 is 11.6 Å². The van der Waals surface area contributed by atoms with Gasteiger partial charge in [0.25, 0.3) is 5.91 Å². The van der Waals surface area contributed by atoms with Gasteiger partial charge >= 0.3 is 0 Å². The van der Waals surface area contributed by atoms with E-state index in [2.05, 4.69) is 5.32 Å². The summed E-state index contributed by atoms with van der Waals surface area (Å²) in [5, 5.41) is 12.9. The zero-order valence-electron chi connectivity index (χ0n) is 11.0. The van der Waals surface area contributed by atoms with E-state index in [9.17, 15) is 9.90 Å². The summed E-state index contributed by atoms with van der Waals surface area (Å²) in [6, 6.07) is 4.54. The van der Waals surface area contributed by atoms with Crippen LogP contribution in [-0.4, -0.2) is 17.6 Å². The molecule has 0 aliphatic heterocycles. The van der Waals surface area contributed by atoms with Gasteiger partial charge in [0, 0.05) is 11.6 Å². The van der Waals surface area contributed by atoms with Crippen molar-refractivity contribution < 1.29 is 9.90 Å². The van der Waals surface area contributed by atoms with Crippen molar-refractivity contribution in [2.75, 3.05) is 6.54 Å². The first-order valence-electron chi connectivity index (χ1n) is 6.93. The van der Waals surface area contributed by atoms with Crippen LogP contribution in [0.3, 0.4) is 0 Å². The van der Waals surface area contributed by atoms with Gasteiger partial charge in [-0.25, -0.2) is 0 Å². The highest BCUT2D eigenvalue weighted by Gasteiger charge is 2.15. The summed E-state index contributed by atoms with van der Waals surface area (Å²) in [6.45, 7) is 0.664. The van der Waals surface area contributed by atoms with Crippen LogP contribution in [0.5, 0.6) is 5.75 Å². The van der Waals surface area contributed by atoms with Gasteiger partial charge in [-0.1, -0.05) is 37.3 Å². The second-order valence-electron chi connectivity index (χ2n) is 5.21. The molecule has 0 atom stereocenters. The summed E-state index contributed by atoms with van der Waals surface area (Å²) < 4.78 is 0. The minimum Gasteiger partial charge on any atom is -0.507 e. The van der Waals surface area contributed by atoms with Crippen LogP contribution in [0, 0.1) is 5.92 Å². The highest BCUT2D eigenvalue weighted by Crippen LogP contribution is 2.28. The van der Waals surface area contributed by atoms with Gasteiger partial charge in [0.15, 0.2) is 0 Å². The number of benzene rings is 1. The number of halogens is 1. The van der Waals surface area contributed by atoms with Crippen LogP contribution in [0.25, 0.3) is 0 Å². The topological polar surface area (TPSA) is 49.3 Å². The zero-order valence-corrected chi connectivity index (χ0v) is 11.7. The molecule has 0 unspecified atom stereocenters. The number of amides is 1. The molecule has 0 heterocycles. The first-order valence-corrected chi connectivity index (χ1v) is 7.31. The minimum absolute atomic E-state index is 0.0687. The molecular formula is C15H20ClNO2. The summed E-state index contributed by atoms with van der Waals surface area (Å²) in [6.07, 6.45) is 7.58. The Morgan fingerprint density at radius 1 is 1.37 bits per heavy atom. The molecule has 0 spiro atoms. The van der Waals surface area contributed by atoms with Crippen molar-refractivity contribution in [1.82, 2.24) is 5.32 Å². The van der Waals surface area contributed by atoms with E-state index in [1.807, 2.05) is 0 Å². The fourth-order valence-electron chi connectivity index (χ4n) is 2.68. The Bertz CT molecular complexity index is 442. The van der Waals surface area contributed by atoms with E-state index in [-0.39, 0.29) is 17.2 Å². The molecule has 2 N–H and O–H groups in total. The van der Waals surface area contributed by atoms with Gasteiger partial charge in [-0.2, -0.15) is 0 Å². The van der Waals surface area contributed by atoms with E-state index in [4.69, 9.17) is 11.6 Å². The third-order valence-electron chi connectivity index (χ3n) is 3.75. The lowest BCUT2D eigenvalue weighted by molar-refractivity contribution is 0.0950. The molecule has 1 aromatic rings. The lowest BCUT2D eigenvalue weighted by atomic mass is 10.0. The number of phenols is 1. The van der Waals surface area contributed by atoms with Crippen LogP contribution in [0.4, 0.5) is 0 Å². The molecule has 0 bridgehead atoms. The molecule has 19 heavy (non-hydrogen) atoms. The molecule has 1 fully saturated rings. The molecule has 1 aliphatic carbocycles. The SMILES string of the molecule is O=C(NCCCC1CCCC1)c1ccc(Cl)cc1O. The summed E-state index contributed by atoms with van der Waals surface area (Å²) in [7, 11) is 0. The van der Waals surface area contributed by atoms with Crippen molar-refractivity contribution in [3.63, 3.8) is 0 Å². The van der Waals surface area contributed by atoms with Crippen LogP contribution in [0.1, 0.15) is 48.9 Å². The van der Waals surface area contributed by atoms with E-state index in [0.29, 0.717) is 11.6 Å². The average molecular weight is 282 g/mol. The van der Waals surface area contributed by atoms with E-state index >= 15 is 0 Å². The number of phenolic OH excluding ortho intramolecular Hbond substituents is 1. The summed E-state index contributed by atoms with van der Waals surface area (Å²) in [5.41, 5.74) is 0.283.